The van der Waals surface area contributed by atoms with Gasteiger partial charge in [0.15, 0.2) is 0 Å². The molecule has 3 rings (SSSR count). The normalized spacial score (nSPS) is 11.8. The standard InChI is InChI=1S/C15H8F3IN2O/c16-15(17,18)13-3-1-2-11(21-13)14(22)10-7-20-12-6-8(19)4-5-9(10)12/h1-7,20H. The van der Waals surface area contributed by atoms with Crippen molar-refractivity contribution in [3.05, 3.63) is 63.1 Å². The molecule has 0 bridgehead atoms. The summed E-state index contributed by atoms with van der Waals surface area (Å²) in [6.07, 6.45) is -3.09. The fourth-order valence-corrected chi connectivity index (χ4v) is 2.63. The lowest BCUT2D eigenvalue weighted by molar-refractivity contribution is -0.141. The summed E-state index contributed by atoms with van der Waals surface area (Å²) in [5.74, 6) is -0.543. The van der Waals surface area contributed by atoms with Crippen molar-refractivity contribution in [3.63, 3.8) is 0 Å². The molecule has 22 heavy (non-hydrogen) atoms. The van der Waals surface area contributed by atoms with Gasteiger partial charge in [0.1, 0.15) is 11.4 Å². The van der Waals surface area contributed by atoms with Crippen LogP contribution in [0, 0.1) is 3.57 Å². The summed E-state index contributed by atoms with van der Waals surface area (Å²) in [5.41, 5.74) is -0.248. The van der Waals surface area contributed by atoms with Gasteiger partial charge in [0.2, 0.25) is 5.78 Å². The smallest absolute Gasteiger partial charge is 0.360 e. The molecule has 1 N–H and O–H groups in total. The highest BCUT2D eigenvalue weighted by Crippen LogP contribution is 2.28. The maximum Gasteiger partial charge on any atom is 0.433 e. The van der Waals surface area contributed by atoms with E-state index in [0.29, 0.717) is 10.9 Å². The Labute approximate surface area is 136 Å². The highest BCUT2D eigenvalue weighted by molar-refractivity contribution is 14.1. The van der Waals surface area contributed by atoms with Crippen molar-refractivity contribution >= 4 is 39.3 Å². The lowest BCUT2D eigenvalue weighted by Gasteiger charge is -2.06. The van der Waals surface area contributed by atoms with Crippen LogP contribution in [-0.2, 0) is 6.18 Å². The Morgan fingerprint density at radius 1 is 1.18 bits per heavy atom. The number of halogens is 4. The van der Waals surface area contributed by atoms with E-state index in [1.54, 1.807) is 6.07 Å². The van der Waals surface area contributed by atoms with Crippen LogP contribution in [0.5, 0.6) is 0 Å². The quantitative estimate of drug-likeness (QED) is 0.497. The molecule has 3 nitrogen and oxygen atoms in total. The first kappa shape index (κ1) is 15.0. The maximum atomic E-state index is 12.7. The zero-order valence-corrected chi connectivity index (χ0v) is 13.1. The number of fused-ring (bicyclic) bond motifs is 1. The molecule has 0 saturated carbocycles. The second kappa shape index (κ2) is 5.38. The number of alkyl halides is 3. The molecule has 0 amide bonds. The molecular formula is C15H8F3IN2O. The van der Waals surface area contributed by atoms with Gasteiger partial charge in [-0.15, -0.1) is 0 Å². The minimum absolute atomic E-state index is 0.228. The summed E-state index contributed by atoms with van der Waals surface area (Å²) >= 11 is 2.14. The molecule has 0 spiro atoms. The summed E-state index contributed by atoms with van der Waals surface area (Å²) in [6, 6.07) is 8.74. The lowest BCUT2D eigenvalue weighted by atomic mass is 10.1. The van der Waals surface area contributed by atoms with Gasteiger partial charge in [0.05, 0.1) is 0 Å². The third-order valence-electron chi connectivity index (χ3n) is 3.16. The molecule has 0 aliphatic rings. The van der Waals surface area contributed by atoms with E-state index in [1.165, 1.54) is 18.3 Å². The number of nitrogens with zero attached hydrogens (tertiary/aromatic N) is 1. The molecule has 1 aromatic carbocycles. The largest absolute Gasteiger partial charge is 0.433 e. The monoisotopic (exact) mass is 416 g/mol. The fourth-order valence-electron chi connectivity index (χ4n) is 2.14. The Morgan fingerprint density at radius 3 is 2.68 bits per heavy atom. The first-order chi connectivity index (χ1) is 10.4. The molecule has 0 fully saturated rings. The molecular weight excluding hydrogens is 408 g/mol. The highest BCUT2D eigenvalue weighted by atomic mass is 127. The van der Waals surface area contributed by atoms with Gasteiger partial charge in [-0.05, 0) is 46.9 Å². The summed E-state index contributed by atoms with van der Waals surface area (Å²) in [5, 5.41) is 0.657. The molecule has 0 atom stereocenters. The van der Waals surface area contributed by atoms with Gasteiger partial charge in [0, 0.05) is 26.2 Å². The molecule has 0 saturated heterocycles. The van der Waals surface area contributed by atoms with Crippen LogP contribution in [0.25, 0.3) is 10.9 Å². The van der Waals surface area contributed by atoms with Gasteiger partial charge in [-0.2, -0.15) is 13.2 Å². The van der Waals surface area contributed by atoms with Crippen molar-refractivity contribution < 1.29 is 18.0 Å². The average molecular weight is 416 g/mol. The van der Waals surface area contributed by atoms with Crippen LogP contribution in [0.1, 0.15) is 21.7 Å². The summed E-state index contributed by atoms with van der Waals surface area (Å²) < 4.78 is 39.1. The number of pyridine rings is 1. The van der Waals surface area contributed by atoms with Crippen molar-refractivity contribution in [1.29, 1.82) is 0 Å². The average Bonchev–Trinajstić information content (AvgIpc) is 2.88. The molecule has 0 unspecified atom stereocenters. The topological polar surface area (TPSA) is 45.8 Å². The summed E-state index contributed by atoms with van der Waals surface area (Å²) in [4.78, 5) is 18.8. The Balaban J connectivity index is 2.06. The Hall–Kier alpha value is -1.90. The zero-order chi connectivity index (χ0) is 15.9. The lowest BCUT2D eigenvalue weighted by Crippen LogP contribution is -2.12. The number of ketones is 1. The van der Waals surface area contributed by atoms with Crippen molar-refractivity contribution in [1.82, 2.24) is 9.97 Å². The van der Waals surface area contributed by atoms with Crippen LogP contribution in [0.4, 0.5) is 13.2 Å². The van der Waals surface area contributed by atoms with Gasteiger partial charge in [0.25, 0.3) is 0 Å². The third-order valence-corrected chi connectivity index (χ3v) is 3.83. The second-order valence-electron chi connectivity index (χ2n) is 4.63. The highest BCUT2D eigenvalue weighted by Gasteiger charge is 2.33. The van der Waals surface area contributed by atoms with Crippen molar-refractivity contribution in [2.24, 2.45) is 0 Å². The van der Waals surface area contributed by atoms with E-state index in [1.807, 2.05) is 12.1 Å². The first-order valence-electron chi connectivity index (χ1n) is 6.22. The van der Waals surface area contributed by atoms with Crippen LogP contribution < -0.4 is 0 Å². The number of benzene rings is 1. The SMILES string of the molecule is O=C(c1cccc(C(F)(F)F)n1)c1c[nH]c2cc(I)ccc12. The maximum absolute atomic E-state index is 12.7. The molecule has 2 aromatic heterocycles. The Kier molecular flexibility index (Phi) is 3.67. The van der Waals surface area contributed by atoms with Crippen LogP contribution in [0.3, 0.4) is 0 Å². The molecule has 0 aliphatic heterocycles. The van der Waals surface area contributed by atoms with E-state index in [2.05, 4.69) is 32.6 Å². The van der Waals surface area contributed by atoms with Gasteiger partial charge < -0.3 is 4.98 Å². The van der Waals surface area contributed by atoms with Crippen LogP contribution in [0.15, 0.2) is 42.6 Å². The molecule has 0 aliphatic carbocycles. The third kappa shape index (κ3) is 2.72. The Bertz CT molecular complexity index is 871. The number of H-pyrrole nitrogens is 1. The summed E-state index contributed by atoms with van der Waals surface area (Å²) in [7, 11) is 0. The molecule has 2 heterocycles. The molecule has 7 heteroatoms. The van der Waals surface area contributed by atoms with Gasteiger partial charge >= 0.3 is 6.18 Å². The van der Waals surface area contributed by atoms with E-state index in [0.717, 1.165) is 15.2 Å². The summed E-state index contributed by atoms with van der Waals surface area (Å²) in [6.45, 7) is 0. The van der Waals surface area contributed by atoms with Crippen LogP contribution in [-0.4, -0.2) is 15.8 Å². The van der Waals surface area contributed by atoms with E-state index >= 15 is 0 Å². The number of aromatic amines is 1. The second-order valence-corrected chi connectivity index (χ2v) is 5.87. The van der Waals surface area contributed by atoms with Crippen LogP contribution in [0.2, 0.25) is 0 Å². The number of carbonyl (C=O) groups is 1. The Morgan fingerprint density at radius 2 is 1.95 bits per heavy atom. The van der Waals surface area contributed by atoms with Gasteiger partial charge in [-0.25, -0.2) is 4.98 Å². The fraction of sp³-hybridized carbons (Fsp3) is 0.0667. The van der Waals surface area contributed by atoms with Gasteiger partial charge in [-0.3, -0.25) is 4.79 Å². The predicted molar refractivity (Wildman–Crippen MR) is 83.7 cm³/mol. The van der Waals surface area contributed by atoms with E-state index in [9.17, 15) is 18.0 Å². The number of hydrogen-bond donors (Lipinski definition) is 1. The number of rotatable bonds is 2. The van der Waals surface area contributed by atoms with E-state index < -0.39 is 17.7 Å². The first-order valence-corrected chi connectivity index (χ1v) is 7.30. The van der Waals surface area contributed by atoms with Gasteiger partial charge in [-0.1, -0.05) is 12.1 Å². The number of nitrogens with one attached hydrogen (secondary N) is 1. The molecule has 3 aromatic rings. The number of carbonyl (C=O) groups excluding carboxylic acids is 1. The van der Waals surface area contributed by atoms with Crippen LogP contribution >= 0.6 is 22.6 Å². The van der Waals surface area contributed by atoms with E-state index in [4.69, 9.17) is 0 Å². The molecule has 0 radical (unpaired) electrons. The molecule has 112 valence electrons. The minimum Gasteiger partial charge on any atom is -0.360 e. The van der Waals surface area contributed by atoms with Crippen molar-refractivity contribution in [2.45, 2.75) is 6.18 Å². The van der Waals surface area contributed by atoms with Crippen molar-refractivity contribution in [3.8, 4) is 0 Å². The zero-order valence-electron chi connectivity index (χ0n) is 10.9. The predicted octanol–water partition coefficient (Wildman–Crippen LogP) is 4.42. The minimum atomic E-state index is -4.58. The number of hydrogen-bond acceptors (Lipinski definition) is 2. The number of aromatic nitrogens is 2. The van der Waals surface area contributed by atoms with E-state index in [-0.39, 0.29) is 5.69 Å². The van der Waals surface area contributed by atoms with Crippen molar-refractivity contribution in [2.75, 3.05) is 0 Å².